The molecule has 0 spiro atoms. The Morgan fingerprint density at radius 3 is 2.56 bits per heavy atom. The number of ether oxygens (including phenoxy) is 1. The molecule has 16 heavy (non-hydrogen) atoms. The summed E-state index contributed by atoms with van der Waals surface area (Å²) in [6.45, 7) is 8.22. The Kier molecular flexibility index (Phi) is 4.54. The molecule has 0 fully saturated rings. The third kappa shape index (κ3) is 3.97. The molecule has 0 saturated carbocycles. The zero-order valence-electron chi connectivity index (χ0n) is 10.4. The molecule has 0 aliphatic rings. The maximum absolute atomic E-state index is 5.93. The first kappa shape index (κ1) is 13.2. The lowest BCUT2D eigenvalue weighted by atomic mass is 10.1. The molecular weight excluding hydrogens is 224 g/mol. The quantitative estimate of drug-likeness (QED) is 0.740. The van der Waals surface area contributed by atoms with Gasteiger partial charge in [0.25, 0.3) is 0 Å². The lowest BCUT2D eigenvalue weighted by Gasteiger charge is -2.24. The number of rotatable bonds is 5. The summed E-state index contributed by atoms with van der Waals surface area (Å²) in [4.78, 5) is 8.49. The van der Waals surface area contributed by atoms with Crippen molar-refractivity contribution in [3.05, 3.63) is 17.0 Å². The van der Waals surface area contributed by atoms with Crippen molar-refractivity contribution in [1.29, 1.82) is 0 Å². The fourth-order valence-corrected chi connectivity index (χ4v) is 1.38. The Bertz CT molecular complexity index is 353. The van der Waals surface area contributed by atoms with Crippen molar-refractivity contribution in [2.75, 3.05) is 0 Å². The second-order valence-electron chi connectivity index (χ2n) is 4.41. The largest absolute Gasteiger partial charge is 0.472 e. The van der Waals surface area contributed by atoms with Crippen LogP contribution in [0.1, 0.15) is 46.4 Å². The van der Waals surface area contributed by atoms with Crippen LogP contribution in [0, 0.1) is 0 Å². The lowest BCUT2D eigenvalue weighted by Crippen LogP contribution is -2.27. The SMILES string of the molecule is CCCc1nc(Cl)cc(OC(C)(C)CC)n1. The molecule has 90 valence electrons. The lowest BCUT2D eigenvalue weighted by molar-refractivity contribution is 0.0985. The van der Waals surface area contributed by atoms with Crippen LogP contribution in [0.15, 0.2) is 6.07 Å². The van der Waals surface area contributed by atoms with Crippen LogP contribution >= 0.6 is 11.6 Å². The maximum Gasteiger partial charge on any atom is 0.218 e. The number of hydrogen-bond donors (Lipinski definition) is 0. The highest BCUT2D eigenvalue weighted by Crippen LogP contribution is 2.21. The van der Waals surface area contributed by atoms with Crippen molar-refractivity contribution >= 4 is 11.6 Å². The Morgan fingerprint density at radius 2 is 2.00 bits per heavy atom. The van der Waals surface area contributed by atoms with E-state index in [1.807, 2.05) is 13.8 Å². The summed E-state index contributed by atoms with van der Waals surface area (Å²) in [5.74, 6) is 1.31. The van der Waals surface area contributed by atoms with Crippen LogP contribution in [0.5, 0.6) is 5.88 Å². The van der Waals surface area contributed by atoms with Crippen molar-refractivity contribution in [2.24, 2.45) is 0 Å². The van der Waals surface area contributed by atoms with Gasteiger partial charge in [0.1, 0.15) is 16.6 Å². The number of hydrogen-bond acceptors (Lipinski definition) is 3. The van der Waals surface area contributed by atoms with Crippen molar-refractivity contribution in [2.45, 2.75) is 52.6 Å². The van der Waals surface area contributed by atoms with E-state index in [-0.39, 0.29) is 5.60 Å². The maximum atomic E-state index is 5.93. The highest BCUT2D eigenvalue weighted by Gasteiger charge is 2.18. The summed E-state index contributed by atoms with van der Waals surface area (Å²) in [5, 5.41) is 0.445. The summed E-state index contributed by atoms with van der Waals surface area (Å²) < 4.78 is 5.78. The Labute approximate surface area is 102 Å². The first-order valence-electron chi connectivity index (χ1n) is 5.69. The molecule has 0 aromatic carbocycles. The smallest absolute Gasteiger partial charge is 0.218 e. The van der Waals surface area contributed by atoms with Gasteiger partial charge in [-0.3, -0.25) is 0 Å². The number of aromatic nitrogens is 2. The Balaban J connectivity index is 2.87. The highest BCUT2D eigenvalue weighted by atomic mass is 35.5. The van der Waals surface area contributed by atoms with E-state index in [4.69, 9.17) is 16.3 Å². The van der Waals surface area contributed by atoms with Gasteiger partial charge < -0.3 is 4.74 Å². The third-order valence-corrected chi connectivity index (χ3v) is 2.62. The standard InChI is InChI=1S/C12H19ClN2O/c1-5-7-10-14-9(13)8-11(15-10)16-12(3,4)6-2/h8H,5-7H2,1-4H3. The minimum atomic E-state index is -0.221. The molecule has 0 aliphatic heterocycles. The number of aryl methyl sites for hydroxylation is 1. The zero-order valence-corrected chi connectivity index (χ0v) is 11.1. The van der Waals surface area contributed by atoms with E-state index in [1.165, 1.54) is 0 Å². The average Bonchev–Trinajstić information content (AvgIpc) is 2.16. The van der Waals surface area contributed by atoms with Gasteiger partial charge in [-0.2, -0.15) is 4.98 Å². The highest BCUT2D eigenvalue weighted by molar-refractivity contribution is 6.29. The van der Waals surface area contributed by atoms with Crippen molar-refractivity contribution in [3.8, 4) is 5.88 Å². The molecule has 1 aromatic rings. The molecule has 0 radical (unpaired) electrons. The first-order valence-corrected chi connectivity index (χ1v) is 6.07. The molecule has 0 bridgehead atoms. The van der Waals surface area contributed by atoms with Crippen LogP contribution < -0.4 is 4.74 Å². The van der Waals surface area contributed by atoms with Gasteiger partial charge in [0.05, 0.1) is 0 Å². The average molecular weight is 243 g/mol. The third-order valence-electron chi connectivity index (χ3n) is 2.42. The van der Waals surface area contributed by atoms with Gasteiger partial charge in [0, 0.05) is 12.5 Å². The fraction of sp³-hybridized carbons (Fsp3) is 0.667. The topological polar surface area (TPSA) is 35.0 Å². The molecule has 0 atom stereocenters. The summed E-state index contributed by atoms with van der Waals surface area (Å²) in [6.07, 6.45) is 2.73. The van der Waals surface area contributed by atoms with E-state index in [9.17, 15) is 0 Å². The van der Waals surface area contributed by atoms with Crippen LogP contribution in [0.2, 0.25) is 5.15 Å². The van der Waals surface area contributed by atoms with E-state index in [1.54, 1.807) is 6.07 Å². The van der Waals surface area contributed by atoms with Crippen LogP contribution in [0.4, 0.5) is 0 Å². The molecule has 0 N–H and O–H groups in total. The van der Waals surface area contributed by atoms with E-state index in [2.05, 4.69) is 23.8 Å². The molecule has 0 amide bonds. The predicted octanol–water partition coefficient (Wildman–Crippen LogP) is 3.65. The Hall–Kier alpha value is -0.830. The molecule has 3 nitrogen and oxygen atoms in total. The summed E-state index contributed by atoms with van der Waals surface area (Å²) in [6, 6.07) is 1.66. The summed E-state index contributed by atoms with van der Waals surface area (Å²) in [7, 11) is 0. The predicted molar refractivity (Wildman–Crippen MR) is 66.0 cm³/mol. The van der Waals surface area contributed by atoms with E-state index < -0.39 is 0 Å². The molecule has 0 aliphatic carbocycles. The van der Waals surface area contributed by atoms with Gasteiger partial charge in [0.15, 0.2) is 0 Å². The van der Waals surface area contributed by atoms with Crippen LogP contribution in [0.25, 0.3) is 0 Å². The van der Waals surface area contributed by atoms with Gasteiger partial charge >= 0.3 is 0 Å². The van der Waals surface area contributed by atoms with Gasteiger partial charge in [-0.15, -0.1) is 0 Å². The second-order valence-corrected chi connectivity index (χ2v) is 4.80. The summed E-state index contributed by atoms with van der Waals surface area (Å²) >= 11 is 5.93. The Morgan fingerprint density at radius 1 is 1.31 bits per heavy atom. The minimum absolute atomic E-state index is 0.221. The van der Waals surface area contributed by atoms with Crippen molar-refractivity contribution < 1.29 is 4.74 Å². The van der Waals surface area contributed by atoms with Crippen LogP contribution in [-0.2, 0) is 6.42 Å². The molecule has 0 saturated heterocycles. The van der Waals surface area contributed by atoms with Crippen LogP contribution in [-0.4, -0.2) is 15.6 Å². The zero-order chi connectivity index (χ0) is 12.2. The minimum Gasteiger partial charge on any atom is -0.472 e. The normalized spacial score (nSPS) is 11.6. The number of nitrogens with zero attached hydrogens (tertiary/aromatic N) is 2. The first-order chi connectivity index (χ1) is 7.46. The molecule has 1 aromatic heterocycles. The van der Waals surface area contributed by atoms with E-state index >= 15 is 0 Å². The number of halogens is 1. The monoisotopic (exact) mass is 242 g/mol. The molecular formula is C12H19ClN2O. The molecule has 4 heteroatoms. The molecule has 1 heterocycles. The fourth-order valence-electron chi connectivity index (χ4n) is 1.18. The molecule has 0 unspecified atom stereocenters. The van der Waals surface area contributed by atoms with Crippen molar-refractivity contribution in [3.63, 3.8) is 0 Å². The van der Waals surface area contributed by atoms with Gasteiger partial charge in [0.2, 0.25) is 5.88 Å². The van der Waals surface area contributed by atoms with Gasteiger partial charge in [-0.05, 0) is 26.7 Å². The van der Waals surface area contributed by atoms with E-state index in [0.29, 0.717) is 11.0 Å². The van der Waals surface area contributed by atoms with E-state index in [0.717, 1.165) is 25.1 Å². The van der Waals surface area contributed by atoms with Gasteiger partial charge in [-0.1, -0.05) is 25.4 Å². The van der Waals surface area contributed by atoms with Crippen LogP contribution in [0.3, 0.4) is 0 Å². The molecule has 1 rings (SSSR count). The summed E-state index contributed by atoms with van der Waals surface area (Å²) in [5.41, 5.74) is -0.221. The van der Waals surface area contributed by atoms with Crippen molar-refractivity contribution in [1.82, 2.24) is 9.97 Å². The second kappa shape index (κ2) is 5.48. The van der Waals surface area contributed by atoms with Gasteiger partial charge in [-0.25, -0.2) is 4.98 Å².